The number of carbonyl (C=O) groups excluding carboxylic acids is 2. The molecule has 0 bridgehead atoms. The number of thioether (sulfide) groups is 1. The summed E-state index contributed by atoms with van der Waals surface area (Å²) in [7, 11) is 0. The number of hydrogen-bond donors (Lipinski definition) is 1. The third-order valence-corrected chi connectivity index (χ3v) is 5.94. The second-order valence-corrected chi connectivity index (χ2v) is 7.51. The average Bonchev–Trinajstić information content (AvgIpc) is 3.04. The molecule has 0 spiro atoms. The molecule has 2 aromatic heterocycles. The minimum atomic E-state index is -0.140. The van der Waals surface area contributed by atoms with Crippen LogP contribution in [0.15, 0.2) is 11.4 Å². The maximum Gasteiger partial charge on any atom is 0.267 e. The van der Waals surface area contributed by atoms with Gasteiger partial charge in [0.1, 0.15) is 5.69 Å². The molecule has 3 heterocycles. The maximum absolute atomic E-state index is 12.2. The highest BCUT2D eigenvalue weighted by molar-refractivity contribution is 7.98. The normalized spacial score (nSPS) is 13.8. The van der Waals surface area contributed by atoms with Crippen LogP contribution in [0.4, 0.5) is 5.13 Å². The summed E-state index contributed by atoms with van der Waals surface area (Å²) < 4.78 is 0. The Bertz CT molecular complexity index is 651. The van der Waals surface area contributed by atoms with Crippen LogP contribution in [0.3, 0.4) is 0 Å². The van der Waals surface area contributed by atoms with E-state index < -0.39 is 0 Å². The molecule has 20 heavy (non-hydrogen) atoms. The minimum Gasteiger partial charge on any atom is -0.297 e. The molecule has 0 aromatic carbocycles. The Hall–Kier alpha value is -1.18. The number of rotatable bonds is 3. The van der Waals surface area contributed by atoms with Crippen LogP contribution in [0.2, 0.25) is 0 Å². The number of thiazole rings is 1. The summed E-state index contributed by atoms with van der Waals surface area (Å²) in [5.41, 5.74) is 1.67. The van der Waals surface area contributed by atoms with Crippen LogP contribution in [-0.2, 0) is 12.2 Å². The first-order chi connectivity index (χ1) is 9.63. The lowest BCUT2D eigenvalue weighted by Crippen LogP contribution is -2.10. The summed E-state index contributed by atoms with van der Waals surface area (Å²) in [6, 6.07) is 1.97. The van der Waals surface area contributed by atoms with Crippen LogP contribution in [0.1, 0.15) is 37.5 Å². The highest BCUT2D eigenvalue weighted by Crippen LogP contribution is 2.32. The van der Waals surface area contributed by atoms with Crippen LogP contribution >= 0.6 is 34.4 Å². The summed E-state index contributed by atoms with van der Waals surface area (Å²) in [4.78, 5) is 29.5. The SMILES string of the molecule is CC(=O)c1csc(NC(=O)c2cc3c(s2)CCSC3)n1. The first kappa shape index (κ1) is 13.8. The van der Waals surface area contributed by atoms with Crippen LogP contribution in [-0.4, -0.2) is 22.4 Å². The monoisotopic (exact) mass is 324 g/mol. The van der Waals surface area contributed by atoms with E-state index in [2.05, 4.69) is 10.3 Å². The Morgan fingerprint density at radius 3 is 2.95 bits per heavy atom. The second-order valence-electron chi connectivity index (χ2n) is 4.41. The predicted octanol–water partition coefficient (Wildman–Crippen LogP) is 3.45. The molecule has 7 heteroatoms. The maximum atomic E-state index is 12.2. The average molecular weight is 324 g/mol. The number of thiophene rings is 1. The third-order valence-electron chi connectivity index (χ3n) is 2.94. The van der Waals surface area contributed by atoms with Crippen molar-refractivity contribution in [3.05, 3.63) is 32.5 Å². The van der Waals surface area contributed by atoms with Gasteiger partial charge in [0.15, 0.2) is 10.9 Å². The largest absolute Gasteiger partial charge is 0.297 e. The lowest BCUT2D eigenvalue weighted by atomic mass is 10.2. The molecule has 1 N–H and O–H groups in total. The van der Waals surface area contributed by atoms with Gasteiger partial charge in [0.05, 0.1) is 4.88 Å². The number of aromatic nitrogens is 1. The number of aryl methyl sites for hydroxylation is 1. The fraction of sp³-hybridized carbons (Fsp3) is 0.308. The van der Waals surface area contributed by atoms with Crippen LogP contribution in [0, 0.1) is 0 Å². The molecule has 0 atom stereocenters. The van der Waals surface area contributed by atoms with Gasteiger partial charge in [0, 0.05) is 22.9 Å². The molecule has 1 aliphatic rings. The summed E-state index contributed by atoms with van der Waals surface area (Å²) in [6.07, 6.45) is 1.05. The van der Waals surface area contributed by atoms with Crippen molar-refractivity contribution in [2.75, 3.05) is 11.1 Å². The first-order valence-electron chi connectivity index (χ1n) is 6.10. The lowest BCUT2D eigenvalue weighted by molar-refractivity contribution is 0.100. The number of anilines is 1. The second kappa shape index (κ2) is 5.67. The van der Waals surface area contributed by atoms with Crippen LogP contribution in [0.25, 0.3) is 0 Å². The number of nitrogens with one attached hydrogen (secondary N) is 1. The molecule has 2 aromatic rings. The van der Waals surface area contributed by atoms with E-state index in [4.69, 9.17) is 0 Å². The van der Waals surface area contributed by atoms with Crippen molar-refractivity contribution >= 4 is 51.3 Å². The molecular weight excluding hydrogens is 312 g/mol. The summed E-state index contributed by atoms with van der Waals surface area (Å²) in [5, 5.41) is 4.90. The van der Waals surface area contributed by atoms with Crippen LogP contribution < -0.4 is 5.32 Å². The molecule has 0 unspecified atom stereocenters. The Kier molecular flexibility index (Phi) is 3.91. The van der Waals surface area contributed by atoms with Gasteiger partial charge >= 0.3 is 0 Å². The molecule has 104 valence electrons. The van der Waals surface area contributed by atoms with E-state index in [1.165, 1.54) is 28.7 Å². The number of nitrogens with zero attached hydrogens (tertiary/aromatic N) is 1. The number of Topliss-reactive ketones (excluding diaryl/α,β-unsaturated/α-hetero) is 1. The minimum absolute atomic E-state index is 0.0923. The van der Waals surface area contributed by atoms with Crippen molar-refractivity contribution in [2.45, 2.75) is 19.1 Å². The van der Waals surface area contributed by atoms with Gasteiger partial charge in [-0.2, -0.15) is 11.8 Å². The number of ketones is 1. The first-order valence-corrected chi connectivity index (χ1v) is 8.95. The molecule has 0 aliphatic carbocycles. The summed E-state index contributed by atoms with van der Waals surface area (Å²) in [6.45, 7) is 1.46. The van der Waals surface area contributed by atoms with Gasteiger partial charge in [0.2, 0.25) is 0 Å². The van der Waals surface area contributed by atoms with Gasteiger partial charge in [-0.3, -0.25) is 14.9 Å². The van der Waals surface area contributed by atoms with E-state index in [9.17, 15) is 9.59 Å². The van der Waals surface area contributed by atoms with Crippen molar-refractivity contribution in [3.63, 3.8) is 0 Å². The molecule has 0 saturated heterocycles. The van der Waals surface area contributed by atoms with E-state index in [0.717, 1.165) is 22.8 Å². The van der Waals surface area contributed by atoms with Gasteiger partial charge in [-0.1, -0.05) is 0 Å². The molecule has 1 amide bonds. The van der Waals surface area contributed by atoms with Crippen molar-refractivity contribution in [1.29, 1.82) is 0 Å². The molecule has 3 rings (SSSR count). The smallest absolute Gasteiger partial charge is 0.267 e. The topological polar surface area (TPSA) is 59.1 Å². The predicted molar refractivity (Wildman–Crippen MR) is 84.3 cm³/mol. The zero-order chi connectivity index (χ0) is 14.1. The third kappa shape index (κ3) is 2.79. The van der Waals surface area contributed by atoms with Crippen molar-refractivity contribution in [1.82, 2.24) is 4.98 Å². The van der Waals surface area contributed by atoms with Crippen molar-refractivity contribution < 1.29 is 9.59 Å². The van der Waals surface area contributed by atoms with Crippen molar-refractivity contribution in [2.24, 2.45) is 0 Å². The fourth-order valence-electron chi connectivity index (χ4n) is 1.91. The van der Waals surface area contributed by atoms with E-state index in [0.29, 0.717) is 10.8 Å². The Morgan fingerprint density at radius 2 is 2.25 bits per heavy atom. The summed E-state index contributed by atoms with van der Waals surface area (Å²) in [5.74, 6) is 1.89. The van der Waals surface area contributed by atoms with Crippen LogP contribution in [0.5, 0.6) is 0 Å². The quantitative estimate of drug-likeness (QED) is 0.879. The number of carbonyl (C=O) groups is 2. The van der Waals surface area contributed by atoms with Crippen molar-refractivity contribution in [3.8, 4) is 0 Å². The van der Waals surface area contributed by atoms with Gasteiger partial charge in [0.25, 0.3) is 5.91 Å². The molecule has 4 nitrogen and oxygen atoms in total. The molecule has 0 saturated carbocycles. The van der Waals surface area contributed by atoms with E-state index >= 15 is 0 Å². The Morgan fingerprint density at radius 1 is 1.40 bits per heavy atom. The number of amides is 1. The summed E-state index contributed by atoms with van der Waals surface area (Å²) >= 11 is 4.73. The highest BCUT2D eigenvalue weighted by Gasteiger charge is 2.18. The number of fused-ring (bicyclic) bond motifs is 1. The molecule has 1 aliphatic heterocycles. The van der Waals surface area contributed by atoms with Gasteiger partial charge in [-0.25, -0.2) is 4.98 Å². The zero-order valence-corrected chi connectivity index (χ0v) is 13.2. The molecule has 0 fully saturated rings. The molecule has 0 radical (unpaired) electrons. The zero-order valence-electron chi connectivity index (χ0n) is 10.8. The molecular formula is C13H12N2O2S3. The van der Waals surface area contributed by atoms with Gasteiger partial charge < -0.3 is 0 Å². The van der Waals surface area contributed by atoms with Gasteiger partial charge in [-0.15, -0.1) is 22.7 Å². The Balaban J connectivity index is 1.75. The lowest BCUT2D eigenvalue weighted by Gasteiger charge is -2.08. The number of hydrogen-bond acceptors (Lipinski definition) is 6. The van der Waals surface area contributed by atoms with E-state index in [1.54, 1.807) is 16.7 Å². The van der Waals surface area contributed by atoms with E-state index in [1.807, 2.05) is 17.8 Å². The highest BCUT2D eigenvalue weighted by atomic mass is 32.2. The van der Waals surface area contributed by atoms with E-state index in [-0.39, 0.29) is 11.7 Å². The standard InChI is InChI=1S/C13H12N2O2S3/c1-7(16)9-6-19-13(14-9)15-12(17)11-4-8-5-18-3-2-10(8)20-11/h4,6H,2-3,5H2,1H3,(H,14,15,17). The Labute approximate surface area is 128 Å². The fourth-order valence-corrected chi connectivity index (χ4v) is 4.92. The van der Waals surface area contributed by atoms with Gasteiger partial charge in [-0.05, 0) is 23.8 Å².